The Morgan fingerprint density at radius 2 is 2.08 bits per heavy atom. The summed E-state index contributed by atoms with van der Waals surface area (Å²) in [6, 6.07) is 7.60. The van der Waals surface area contributed by atoms with E-state index in [-0.39, 0.29) is 6.61 Å². The second-order valence-corrected chi connectivity index (χ2v) is 5.89. The molecule has 1 N–H and O–H groups in total. The third-order valence-electron chi connectivity index (χ3n) is 4.19. The smallest absolute Gasteiger partial charge is 0.160 e. The number of furan rings is 1. The lowest BCUT2D eigenvalue weighted by Crippen LogP contribution is -2.30. The SMILES string of the molecule is OCc1ccc(CN2CCc3nc(-c4cccnc4)ncc3C2)o1. The molecule has 4 rings (SSSR count). The Balaban J connectivity index is 1.49. The number of fused-ring (bicyclic) bond motifs is 1. The van der Waals surface area contributed by atoms with Gasteiger partial charge >= 0.3 is 0 Å². The first-order valence-corrected chi connectivity index (χ1v) is 7.98. The van der Waals surface area contributed by atoms with Gasteiger partial charge in [-0.3, -0.25) is 9.88 Å². The molecule has 0 saturated heterocycles. The van der Waals surface area contributed by atoms with Crippen molar-refractivity contribution in [2.45, 2.75) is 26.1 Å². The molecule has 6 heteroatoms. The fraction of sp³-hybridized carbons (Fsp3) is 0.278. The number of aliphatic hydroxyl groups excluding tert-OH is 1. The fourth-order valence-electron chi connectivity index (χ4n) is 2.96. The van der Waals surface area contributed by atoms with Crippen LogP contribution in [0.5, 0.6) is 0 Å². The Labute approximate surface area is 139 Å². The molecule has 0 aromatic carbocycles. The van der Waals surface area contributed by atoms with Crippen LogP contribution in [-0.4, -0.2) is 31.5 Å². The predicted octanol–water partition coefficient (Wildman–Crippen LogP) is 2.18. The summed E-state index contributed by atoms with van der Waals surface area (Å²) in [5, 5.41) is 9.08. The van der Waals surface area contributed by atoms with E-state index in [1.54, 1.807) is 12.4 Å². The largest absolute Gasteiger partial charge is 0.462 e. The van der Waals surface area contributed by atoms with Gasteiger partial charge in [-0.05, 0) is 24.3 Å². The summed E-state index contributed by atoms with van der Waals surface area (Å²) in [5.41, 5.74) is 3.20. The van der Waals surface area contributed by atoms with Crippen molar-refractivity contribution in [3.05, 3.63) is 65.6 Å². The van der Waals surface area contributed by atoms with E-state index in [1.807, 2.05) is 30.5 Å². The molecule has 3 aromatic heterocycles. The van der Waals surface area contributed by atoms with Crippen LogP contribution in [0.1, 0.15) is 22.8 Å². The van der Waals surface area contributed by atoms with Crippen molar-refractivity contribution in [3.63, 3.8) is 0 Å². The van der Waals surface area contributed by atoms with Crippen LogP contribution in [-0.2, 0) is 26.1 Å². The van der Waals surface area contributed by atoms with Gasteiger partial charge in [0.25, 0.3) is 0 Å². The number of hydrogen-bond acceptors (Lipinski definition) is 6. The van der Waals surface area contributed by atoms with E-state index < -0.39 is 0 Å². The molecule has 0 saturated carbocycles. The molecule has 0 aliphatic carbocycles. The third-order valence-corrected chi connectivity index (χ3v) is 4.19. The molecule has 6 nitrogen and oxygen atoms in total. The van der Waals surface area contributed by atoms with Crippen LogP contribution in [0.2, 0.25) is 0 Å². The first-order chi connectivity index (χ1) is 11.8. The van der Waals surface area contributed by atoms with Crippen LogP contribution in [0, 0.1) is 0 Å². The summed E-state index contributed by atoms with van der Waals surface area (Å²) in [6.45, 7) is 2.39. The van der Waals surface area contributed by atoms with E-state index in [2.05, 4.69) is 14.9 Å². The highest BCUT2D eigenvalue weighted by Crippen LogP contribution is 2.22. The monoisotopic (exact) mass is 322 g/mol. The summed E-state index contributed by atoms with van der Waals surface area (Å²) in [4.78, 5) is 15.6. The van der Waals surface area contributed by atoms with Gasteiger partial charge in [-0.2, -0.15) is 0 Å². The lowest BCUT2D eigenvalue weighted by Gasteiger charge is -2.27. The molecule has 122 valence electrons. The summed E-state index contributed by atoms with van der Waals surface area (Å²) in [7, 11) is 0. The topological polar surface area (TPSA) is 75.3 Å². The number of nitrogens with zero attached hydrogens (tertiary/aromatic N) is 4. The van der Waals surface area contributed by atoms with E-state index in [9.17, 15) is 0 Å². The molecule has 3 aromatic rings. The maximum atomic E-state index is 9.08. The van der Waals surface area contributed by atoms with E-state index in [0.29, 0.717) is 5.76 Å². The predicted molar refractivity (Wildman–Crippen MR) is 87.7 cm³/mol. The zero-order valence-corrected chi connectivity index (χ0v) is 13.2. The van der Waals surface area contributed by atoms with Gasteiger partial charge in [-0.1, -0.05) is 0 Å². The third kappa shape index (κ3) is 3.06. The average Bonchev–Trinajstić information content (AvgIpc) is 3.09. The van der Waals surface area contributed by atoms with E-state index >= 15 is 0 Å². The summed E-state index contributed by atoms with van der Waals surface area (Å²) < 4.78 is 5.57. The molecule has 24 heavy (non-hydrogen) atoms. The van der Waals surface area contributed by atoms with Gasteiger partial charge in [-0.25, -0.2) is 9.97 Å². The van der Waals surface area contributed by atoms with Crippen molar-refractivity contribution < 1.29 is 9.52 Å². The first-order valence-electron chi connectivity index (χ1n) is 7.98. The molecular formula is C18H18N4O2. The summed E-state index contributed by atoms with van der Waals surface area (Å²) in [5.74, 6) is 2.20. The van der Waals surface area contributed by atoms with Gasteiger partial charge < -0.3 is 9.52 Å². The minimum absolute atomic E-state index is 0.0617. The number of aromatic nitrogens is 3. The zero-order chi connectivity index (χ0) is 16.4. The standard InChI is InChI=1S/C18H18N4O2/c23-12-16-4-3-15(24-16)11-22-7-5-17-14(10-22)9-20-18(21-17)13-2-1-6-19-8-13/h1-4,6,8-9,23H,5,7,10-12H2. The van der Waals surface area contributed by atoms with Crippen molar-refractivity contribution >= 4 is 0 Å². The molecule has 0 unspecified atom stereocenters. The molecule has 4 heterocycles. The molecule has 0 bridgehead atoms. The zero-order valence-electron chi connectivity index (χ0n) is 13.2. The van der Waals surface area contributed by atoms with Gasteiger partial charge in [0, 0.05) is 49.2 Å². The molecule has 0 amide bonds. The van der Waals surface area contributed by atoms with Gasteiger partial charge in [0.1, 0.15) is 18.1 Å². The number of aliphatic hydroxyl groups is 1. The maximum absolute atomic E-state index is 9.08. The Kier molecular flexibility index (Phi) is 4.06. The second-order valence-electron chi connectivity index (χ2n) is 5.89. The van der Waals surface area contributed by atoms with Crippen LogP contribution in [0.4, 0.5) is 0 Å². The lowest BCUT2D eigenvalue weighted by atomic mass is 10.1. The Hall–Kier alpha value is -2.57. The highest BCUT2D eigenvalue weighted by Gasteiger charge is 2.20. The van der Waals surface area contributed by atoms with Crippen molar-refractivity contribution in [3.8, 4) is 11.4 Å². The number of hydrogen-bond donors (Lipinski definition) is 1. The Morgan fingerprint density at radius 3 is 2.88 bits per heavy atom. The second kappa shape index (κ2) is 6.51. The number of pyridine rings is 1. The number of rotatable bonds is 4. The van der Waals surface area contributed by atoms with Gasteiger partial charge in [0.05, 0.1) is 12.2 Å². The quantitative estimate of drug-likeness (QED) is 0.793. The molecule has 1 aliphatic rings. The molecule has 0 spiro atoms. The van der Waals surface area contributed by atoms with Gasteiger partial charge in [0.15, 0.2) is 5.82 Å². The van der Waals surface area contributed by atoms with Crippen LogP contribution < -0.4 is 0 Å². The minimum atomic E-state index is -0.0617. The maximum Gasteiger partial charge on any atom is 0.160 e. The van der Waals surface area contributed by atoms with Crippen molar-refractivity contribution in [1.82, 2.24) is 19.9 Å². The van der Waals surface area contributed by atoms with Crippen LogP contribution in [0.15, 0.2) is 47.3 Å². The molecule has 0 fully saturated rings. The van der Waals surface area contributed by atoms with Crippen molar-refractivity contribution in [2.24, 2.45) is 0 Å². The minimum Gasteiger partial charge on any atom is -0.462 e. The molecular weight excluding hydrogens is 304 g/mol. The lowest BCUT2D eigenvalue weighted by molar-refractivity contribution is 0.207. The molecule has 1 aliphatic heterocycles. The van der Waals surface area contributed by atoms with E-state index in [4.69, 9.17) is 14.5 Å². The van der Waals surface area contributed by atoms with Gasteiger partial charge in [0.2, 0.25) is 0 Å². The van der Waals surface area contributed by atoms with Crippen molar-refractivity contribution in [2.75, 3.05) is 6.54 Å². The van der Waals surface area contributed by atoms with Crippen LogP contribution >= 0.6 is 0 Å². The summed E-state index contributed by atoms with van der Waals surface area (Å²) in [6.07, 6.45) is 6.33. The van der Waals surface area contributed by atoms with Crippen LogP contribution in [0.25, 0.3) is 11.4 Å². The van der Waals surface area contributed by atoms with E-state index in [0.717, 1.165) is 54.5 Å². The first kappa shape index (κ1) is 15.0. The normalized spacial score (nSPS) is 14.5. The van der Waals surface area contributed by atoms with E-state index in [1.165, 1.54) is 0 Å². The van der Waals surface area contributed by atoms with Gasteiger partial charge in [-0.15, -0.1) is 0 Å². The Bertz CT molecular complexity index is 832. The van der Waals surface area contributed by atoms with Crippen molar-refractivity contribution in [1.29, 1.82) is 0 Å². The van der Waals surface area contributed by atoms with Crippen LogP contribution in [0.3, 0.4) is 0 Å². The highest BCUT2D eigenvalue weighted by atomic mass is 16.4. The average molecular weight is 322 g/mol. The molecule has 0 radical (unpaired) electrons. The summed E-state index contributed by atoms with van der Waals surface area (Å²) >= 11 is 0. The molecule has 0 atom stereocenters. The highest BCUT2D eigenvalue weighted by molar-refractivity contribution is 5.53. The fourth-order valence-corrected chi connectivity index (χ4v) is 2.96. The Morgan fingerprint density at radius 1 is 1.17 bits per heavy atom.